The molecule has 1 fully saturated rings. The second-order valence-corrected chi connectivity index (χ2v) is 3.79. The van der Waals surface area contributed by atoms with Crippen molar-refractivity contribution in [3.63, 3.8) is 0 Å². The monoisotopic (exact) mass is 194 g/mol. The number of hydrogen-bond donors (Lipinski definition) is 1. The summed E-state index contributed by atoms with van der Waals surface area (Å²) in [5.41, 5.74) is 6.30. The molecule has 0 aliphatic carbocycles. The van der Waals surface area contributed by atoms with Gasteiger partial charge in [-0.05, 0) is 31.0 Å². The third kappa shape index (κ3) is 1.73. The molecule has 0 saturated carbocycles. The molecule has 0 spiro atoms. The maximum Gasteiger partial charge on any atom is 0.146 e. The molecule has 2 nitrogen and oxygen atoms in total. The van der Waals surface area contributed by atoms with Crippen LogP contribution in [0.1, 0.15) is 6.42 Å². The van der Waals surface area contributed by atoms with Crippen molar-refractivity contribution >= 4 is 5.69 Å². The van der Waals surface area contributed by atoms with Gasteiger partial charge in [0.05, 0.1) is 5.69 Å². The highest BCUT2D eigenvalue weighted by Gasteiger charge is 2.22. The number of benzene rings is 1. The summed E-state index contributed by atoms with van der Waals surface area (Å²) in [6, 6.07) is 6.92. The molecule has 0 amide bonds. The number of rotatable bonds is 2. The summed E-state index contributed by atoms with van der Waals surface area (Å²) < 4.78 is 13.4. The van der Waals surface area contributed by atoms with Gasteiger partial charge < -0.3 is 10.6 Å². The number of anilines is 1. The van der Waals surface area contributed by atoms with E-state index in [0.717, 1.165) is 19.5 Å². The minimum absolute atomic E-state index is 0.134. The van der Waals surface area contributed by atoms with Crippen molar-refractivity contribution in [1.82, 2.24) is 0 Å². The first-order valence-electron chi connectivity index (χ1n) is 5.01. The molecule has 1 aliphatic rings. The third-order valence-electron chi connectivity index (χ3n) is 2.81. The minimum Gasteiger partial charge on any atom is -0.369 e. The highest BCUT2D eigenvalue weighted by atomic mass is 19.1. The molecule has 14 heavy (non-hydrogen) atoms. The molecule has 0 bridgehead atoms. The number of halogens is 1. The van der Waals surface area contributed by atoms with Crippen molar-refractivity contribution in [2.45, 2.75) is 6.42 Å². The van der Waals surface area contributed by atoms with Crippen molar-refractivity contribution in [1.29, 1.82) is 0 Å². The Kier molecular flexibility index (Phi) is 2.68. The van der Waals surface area contributed by atoms with Crippen molar-refractivity contribution in [3.05, 3.63) is 30.1 Å². The van der Waals surface area contributed by atoms with Gasteiger partial charge in [0.1, 0.15) is 5.82 Å². The van der Waals surface area contributed by atoms with Crippen LogP contribution in [0.2, 0.25) is 0 Å². The Balaban J connectivity index is 2.13. The fraction of sp³-hybridized carbons (Fsp3) is 0.455. The van der Waals surface area contributed by atoms with E-state index in [1.54, 1.807) is 6.07 Å². The summed E-state index contributed by atoms with van der Waals surface area (Å²) >= 11 is 0. The van der Waals surface area contributed by atoms with E-state index in [2.05, 4.69) is 4.90 Å². The average Bonchev–Trinajstić information content (AvgIpc) is 2.67. The molecule has 1 aliphatic heterocycles. The van der Waals surface area contributed by atoms with Crippen LogP contribution < -0.4 is 10.6 Å². The van der Waals surface area contributed by atoms with Crippen LogP contribution in [-0.2, 0) is 0 Å². The Hall–Kier alpha value is -1.09. The number of nitrogens with two attached hydrogens (primary N) is 1. The molecule has 1 aromatic rings. The van der Waals surface area contributed by atoms with Crippen LogP contribution in [0.15, 0.2) is 24.3 Å². The summed E-state index contributed by atoms with van der Waals surface area (Å²) in [6.45, 7) is 2.51. The van der Waals surface area contributed by atoms with Gasteiger partial charge in [-0.25, -0.2) is 4.39 Å². The second-order valence-electron chi connectivity index (χ2n) is 3.79. The van der Waals surface area contributed by atoms with Gasteiger partial charge in [-0.3, -0.25) is 0 Å². The second kappa shape index (κ2) is 3.96. The van der Waals surface area contributed by atoms with E-state index in [9.17, 15) is 4.39 Å². The quantitative estimate of drug-likeness (QED) is 0.775. The van der Waals surface area contributed by atoms with Crippen LogP contribution >= 0.6 is 0 Å². The summed E-state index contributed by atoms with van der Waals surface area (Å²) in [4.78, 5) is 2.08. The summed E-state index contributed by atoms with van der Waals surface area (Å²) in [6.07, 6.45) is 1.07. The van der Waals surface area contributed by atoms with Gasteiger partial charge in [-0.15, -0.1) is 0 Å². The molecular formula is C11H15FN2. The fourth-order valence-corrected chi connectivity index (χ4v) is 1.95. The number of para-hydroxylation sites is 1. The molecule has 3 heteroatoms. The van der Waals surface area contributed by atoms with Crippen LogP contribution in [0, 0.1) is 11.7 Å². The van der Waals surface area contributed by atoms with Gasteiger partial charge >= 0.3 is 0 Å². The van der Waals surface area contributed by atoms with E-state index in [1.807, 2.05) is 12.1 Å². The molecule has 2 N–H and O–H groups in total. The Morgan fingerprint density at radius 2 is 2.21 bits per heavy atom. The first-order valence-corrected chi connectivity index (χ1v) is 5.01. The van der Waals surface area contributed by atoms with Gasteiger partial charge in [0.15, 0.2) is 0 Å². The van der Waals surface area contributed by atoms with Crippen LogP contribution in [0.4, 0.5) is 10.1 Å². The molecule has 1 atom stereocenters. The van der Waals surface area contributed by atoms with Crippen molar-refractivity contribution in [2.24, 2.45) is 11.7 Å². The highest BCUT2D eigenvalue weighted by Crippen LogP contribution is 2.25. The van der Waals surface area contributed by atoms with Gasteiger partial charge in [-0.2, -0.15) is 0 Å². The van der Waals surface area contributed by atoms with Gasteiger partial charge in [-0.1, -0.05) is 12.1 Å². The van der Waals surface area contributed by atoms with E-state index in [0.29, 0.717) is 18.2 Å². The first-order chi connectivity index (χ1) is 6.81. The zero-order valence-corrected chi connectivity index (χ0v) is 8.12. The summed E-state index contributed by atoms with van der Waals surface area (Å²) in [7, 11) is 0. The third-order valence-corrected chi connectivity index (χ3v) is 2.81. The molecule has 1 saturated heterocycles. The smallest absolute Gasteiger partial charge is 0.146 e. The predicted molar refractivity (Wildman–Crippen MR) is 55.8 cm³/mol. The molecular weight excluding hydrogens is 179 g/mol. The molecule has 1 heterocycles. The summed E-state index contributed by atoms with van der Waals surface area (Å²) in [5, 5.41) is 0. The van der Waals surface area contributed by atoms with Crippen LogP contribution in [0.3, 0.4) is 0 Å². The van der Waals surface area contributed by atoms with E-state index < -0.39 is 0 Å². The van der Waals surface area contributed by atoms with Crippen molar-refractivity contribution in [2.75, 3.05) is 24.5 Å². The maximum atomic E-state index is 13.4. The number of nitrogens with zero attached hydrogens (tertiary/aromatic N) is 1. The van der Waals surface area contributed by atoms with Gasteiger partial charge in [0.25, 0.3) is 0 Å². The molecule has 0 aromatic heterocycles. The van der Waals surface area contributed by atoms with Crippen LogP contribution in [-0.4, -0.2) is 19.6 Å². The van der Waals surface area contributed by atoms with E-state index in [4.69, 9.17) is 5.73 Å². The Labute approximate surface area is 83.5 Å². The summed E-state index contributed by atoms with van der Waals surface area (Å²) in [5.74, 6) is 0.389. The highest BCUT2D eigenvalue weighted by molar-refractivity contribution is 5.48. The fourth-order valence-electron chi connectivity index (χ4n) is 1.95. The average molecular weight is 194 g/mol. The lowest BCUT2D eigenvalue weighted by atomic mass is 10.1. The molecule has 76 valence electrons. The SMILES string of the molecule is NC[C@H]1CCN(c2ccccc2F)C1. The minimum atomic E-state index is -0.134. The van der Waals surface area contributed by atoms with Crippen molar-refractivity contribution in [3.8, 4) is 0 Å². The lowest BCUT2D eigenvalue weighted by molar-refractivity contribution is 0.597. The Morgan fingerprint density at radius 1 is 1.43 bits per heavy atom. The predicted octanol–water partition coefficient (Wildman–Crippen LogP) is 1.61. The molecule has 1 aromatic carbocycles. The van der Waals surface area contributed by atoms with Crippen molar-refractivity contribution < 1.29 is 4.39 Å². The lowest BCUT2D eigenvalue weighted by Crippen LogP contribution is -2.23. The molecule has 0 radical (unpaired) electrons. The van der Waals surface area contributed by atoms with E-state index >= 15 is 0 Å². The zero-order chi connectivity index (χ0) is 9.97. The topological polar surface area (TPSA) is 29.3 Å². The van der Waals surface area contributed by atoms with Crippen LogP contribution in [0.25, 0.3) is 0 Å². The standard InChI is InChI=1S/C11H15FN2/c12-10-3-1-2-4-11(10)14-6-5-9(7-13)8-14/h1-4,9H,5-8,13H2/t9-/m1/s1. The van der Waals surface area contributed by atoms with Gasteiger partial charge in [0.2, 0.25) is 0 Å². The first kappa shape index (κ1) is 9.46. The van der Waals surface area contributed by atoms with Crippen LogP contribution in [0.5, 0.6) is 0 Å². The zero-order valence-electron chi connectivity index (χ0n) is 8.12. The van der Waals surface area contributed by atoms with E-state index in [-0.39, 0.29) is 5.82 Å². The largest absolute Gasteiger partial charge is 0.369 e. The molecule has 0 unspecified atom stereocenters. The number of hydrogen-bond acceptors (Lipinski definition) is 2. The Bertz CT molecular complexity index is 314. The van der Waals surface area contributed by atoms with Gasteiger partial charge in [0, 0.05) is 13.1 Å². The normalized spacial score (nSPS) is 21.6. The van der Waals surface area contributed by atoms with E-state index in [1.165, 1.54) is 6.07 Å². The molecule has 2 rings (SSSR count). The Morgan fingerprint density at radius 3 is 2.86 bits per heavy atom. The maximum absolute atomic E-state index is 13.4. The lowest BCUT2D eigenvalue weighted by Gasteiger charge is -2.18.